The summed E-state index contributed by atoms with van der Waals surface area (Å²) >= 11 is 0. The molecule has 2 rings (SSSR count). The van der Waals surface area contributed by atoms with Crippen molar-refractivity contribution < 1.29 is 0 Å². The first-order valence-corrected chi connectivity index (χ1v) is 8.00. The van der Waals surface area contributed by atoms with Crippen LogP contribution in [0.3, 0.4) is 0 Å². The Morgan fingerprint density at radius 3 is 2.27 bits per heavy atom. The van der Waals surface area contributed by atoms with Crippen LogP contribution < -0.4 is 5.19 Å². The molecule has 0 bridgehead atoms. The lowest BCUT2D eigenvalue weighted by Crippen LogP contribution is -2.57. The van der Waals surface area contributed by atoms with Gasteiger partial charge in [0.25, 0.3) is 0 Å². The second kappa shape index (κ2) is 3.98. The van der Waals surface area contributed by atoms with E-state index in [-0.39, 0.29) is 0 Å². The second-order valence-corrected chi connectivity index (χ2v) is 8.28. The number of hydrogen-bond donors (Lipinski definition) is 0. The quantitative estimate of drug-likeness (QED) is 0.689. The van der Waals surface area contributed by atoms with Gasteiger partial charge < -0.3 is 4.57 Å². The molecule has 0 saturated heterocycles. The SMILES string of the molecule is C[Si](C)(c1ccccc1)N1C=NCN=C1. The fourth-order valence-corrected chi connectivity index (χ4v) is 3.66. The minimum atomic E-state index is -1.64. The standard InChI is InChI=1S/C11H15N3Si/c1-15(2,11-6-4-3-5-7-11)14-9-12-8-13-10-14/h3-7,9-10H,8H2,1-2H3. The molecule has 0 amide bonds. The van der Waals surface area contributed by atoms with E-state index in [1.165, 1.54) is 5.19 Å². The molecule has 0 N–H and O–H groups in total. The Kier molecular flexibility index (Phi) is 2.68. The van der Waals surface area contributed by atoms with Gasteiger partial charge in [-0.05, 0) is 18.3 Å². The summed E-state index contributed by atoms with van der Waals surface area (Å²) in [7, 11) is -1.64. The molecular weight excluding hydrogens is 202 g/mol. The molecule has 78 valence electrons. The van der Waals surface area contributed by atoms with E-state index in [1.807, 2.05) is 18.7 Å². The van der Waals surface area contributed by atoms with Gasteiger partial charge in [-0.2, -0.15) is 0 Å². The fourth-order valence-electron chi connectivity index (χ4n) is 1.61. The lowest BCUT2D eigenvalue weighted by Gasteiger charge is -2.33. The van der Waals surface area contributed by atoms with Crippen LogP contribution in [0.15, 0.2) is 40.3 Å². The molecule has 1 aromatic rings. The maximum absolute atomic E-state index is 4.19. The van der Waals surface area contributed by atoms with E-state index < -0.39 is 8.24 Å². The average molecular weight is 217 g/mol. The Labute approximate surface area is 91.3 Å². The van der Waals surface area contributed by atoms with Crippen LogP contribution in [0, 0.1) is 0 Å². The molecule has 0 atom stereocenters. The third kappa shape index (κ3) is 1.99. The number of aliphatic imine (C=N–C) groups is 2. The molecule has 0 saturated carbocycles. The minimum absolute atomic E-state index is 0.565. The first-order valence-electron chi connectivity index (χ1n) is 5.05. The first kappa shape index (κ1) is 10.1. The van der Waals surface area contributed by atoms with Gasteiger partial charge in [0.2, 0.25) is 0 Å². The molecule has 3 nitrogen and oxygen atoms in total. The van der Waals surface area contributed by atoms with Crippen LogP contribution in [-0.4, -0.2) is 32.1 Å². The smallest absolute Gasteiger partial charge is 0.190 e. The summed E-state index contributed by atoms with van der Waals surface area (Å²) in [5, 5.41) is 1.39. The zero-order chi connectivity index (χ0) is 10.7. The Balaban J connectivity index is 2.30. The molecule has 0 fully saturated rings. The van der Waals surface area contributed by atoms with Gasteiger partial charge in [-0.25, -0.2) is 0 Å². The highest BCUT2D eigenvalue weighted by Gasteiger charge is 2.29. The van der Waals surface area contributed by atoms with E-state index in [9.17, 15) is 0 Å². The van der Waals surface area contributed by atoms with Gasteiger partial charge in [-0.1, -0.05) is 30.3 Å². The molecule has 1 heterocycles. The predicted molar refractivity (Wildman–Crippen MR) is 67.2 cm³/mol. The van der Waals surface area contributed by atoms with Gasteiger partial charge in [-0.15, -0.1) is 0 Å². The Morgan fingerprint density at radius 1 is 1.07 bits per heavy atom. The molecule has 15 heavy (non-hydrogen) atoms. The van der Waals surface area contributed by atoms with Crippen LogP contribution >= 0.6 is 0 Å². The summed E-state index contributed by atoms with van der Waals surface area (Å²) in [4.78, 5) is 8.38. The van der Waals surface area contributed by atoms with E-state index in [2.05, 4.69) is 51.9 Å². The van der Waals surface area contributed by atoms with Gasteiger partial charge in [-0.3, -0.25) is 9.98 Å². The summed E-state index contributed by atoms with van der Waals surface area (Å²) in [6.45, 7) is 5.16. The summed E-state index contributed by atoms with van der Waals surface area (Å²) in [6, 6.07) is 10.6. The molecule has 1 aliphatic heterocycles. The van der Waals surface area contributed by atoms with E-state index in [1.54, 1.807) is 0 Å². The molecule has 4 heteroatoms. The monoisotopic (exact) mass is 217 g/mol. The van der Waals surface area contributed by atoms with Gasteiger partial charge in [0, 0.05) is 0 Å². The lowest BCUT2D eigenvalue weighted by molar-refractivity contribution is 0.888. The van der Waals surface area contributed by atoms with Crippen molar-refractivity contribution in [2.45, 2.75) is 13.1 Å². The highest BCUT2D eigenvalue weighted by atomic mass is 28.3. The topological polar surface area (TPSA) is 28.0 Å². The maximum atomic E-state index is 4.19. The molecular formula is C11H15N3Si. The first-order chi connectivity index (χ1) is 7.21. The molecule has 1 aliphatic rings. The highest BCUT2D eigenvalue weighted by molar-refractivity contribution is 6.90. The third-order valence-corrected chi connectivity index (χ3v) is 5.97. The molecule has 0 spiro atoms. The average Bonchev–Trinajstić information content (AvgIpc) is 2.31. The third-order valence-electron chi connectivity index (χ3n) is 2.70. The normalized spacial score (nSPS) is 15.7. The molecule has 0 radical (unpaired) electrons. The van der Waals surface area contributed by atoms with Crippen molar-refractivity contribution in [3.63, 3.8) is 0 Å². The maximum Gasteiger partial charge on any atom is 0.190 e. The van der Waals surface area contributed by atoms with Gasteiger partial charge in [0.15, 0.2) is 8.24 Å². The number of benzene rings is 1. The summed E-state index contributed by atoms with van der Waals surface area (Å²) < 4.78 is 2.17. The Hall–Kier alpha value is -1.42. The van der Waals surface area contributed by atoms with Crippen molar-refractivity contribution in [2.24, 2.45) is 9.98 Å². The summed E-state index contributed by atoms with van der Waals surface area (Å²) in [6.07, 6.45) is 3.82. The van der Waals surface area contributed by atoms with Crippen molar-refractivity contribution in [1.82, 2.24) is 4.57 Å². The van der Waals surface area contributed by atoms with Crippen LogP contribution in [0.5, 0.6) is 0 Å². The van der Waals surface area contributed by atoms with Crippen LogP contribution in [0.4, 0.5) is 0 Å². The summed E-state index contributed by atoms with van der Waals surface area (Å²) in [5.41, 5.74) is 0. The van der Waals surface area contributed by atoms with Crippen molar-refractivity contribution in [1.29, 1.82) is 0 Å². The second-order valence-electron chi connectivity index (χ2n) is 4.07. The predicted octanol–water partition coefficient (Wildman–Crippen LogP) is 1.43. The van der Waals surface area contributed by atoms with E-state index >= 15 is 0 Å². The van der Waals surface area contributed by atoms with Gasteiger partial charge >= 0.3 is 0 Å². The minimum Gasteiger partial charge on any atom is -0.348 e. The Morgan fingerprint density at radius 2 is 1.67 bits per heavy atom. The number of nitrogens with zero attached hydrogens (tertiary/aromatic N) is 3. The van der Waals surface area contributed by atoms with Crippen molar-refractivity contribution >= 4 is 26.1 Å². The van der Waals surface area contributed by atoms with E-state index in [4.69, 9.17) is 0 Å². The van der Waals surface area contributed by atoms with Crippen LogP contribution in [-0.2, 0) is 0 Å². The lowest BCUT2D eigenvalue weighted by atomic mass is 10.4. The largest absolute Gasteiger partial charge is 0.348 e. The summed E-state index contributed by atoms with van der Waals surface area (Å²) in [5.74, 6) is 0. The number of rotatable bonds is 2. The fraction of sp³-hybridized carbons (Fsp3) is 0.273. The molecule has 0 unspecified atom stereocenters. The zero-order valence-electron chi connectivity index (χ0n) is 9.09. The highest BCUT2D eigenvalue weighted by Crippen LogP contribution is 2.08. The molecule has 0 aliphatic carbocycles. The van der Waals surface area contributed by atoms with Crippen LogP contribution in [0.1, 0.15) is 0 Å². The van der Waals surface area contributed by atoms with E-state index in [0.29, 0.717) is 6.67 Å². The zero-order valence-corrected chi connectivity index (χ0v) is 10.1. The Bertz CT molecular complexity index is 372. The molecule has 0 aromatic heterocycles. The van der Waals surface area contributed by atoms with E-state index in [0.717, 1.165) is 0 Å². The van der Waals surface area contributed by atoms with Crippen LogP contribution in [0.25, 0.3) is 0 Å². The van der Waals surface area contributed by atoms with Crippen molar-refractivity contribution in [2.75, 3.05) is 6.67 Å². The number of hydrogen-bond acceptors (Lipinski definition) is 3. The van der Waals surface area contributed by atoms with Crippen LogP contribution in [0.2, 0.25) is 13.1 Å². The van der Waals surface area contributed by atoms with Crippen molar-refractivity contribution in [3.8, 4) is 0 Å². The molecule has 1 aromatic carbocycles. The van der Waals surface area contributed by atoms with Crippen molar-refractivity contribution in [3.05, 3.63) is 30.3 Å². The van der Waals surface area contributed by atoms with Gasteiger partial charge in [0.05, 0.1) is 12.7 Å². The van der Waals surface area contributed by atoms with Gasteiger partial charge in [0.1, 0.15) is 6.67 Å².